The molecular weight excluding hydrogens is 784 g/mol. The number of aliphatic hydroxyl groups excluding tert-OH is 3. The quantitative estimate of drug-likeness (QED) is 0.0540. The second-order valence-corrected chi connectivity index (χ2v) is 16.4. The van der Waals surface area contributed by atoms with Crippen molar-refractivity contribution in [1.82, 2.24) is 10.6 Å². The molecule has 2 aromatic carbocycles. The third-order valence-corrected chi connectivity index (χ3v) is 10.2. The molecule has 0 bridgehead atoms. The third kappa shape index (κ3) is 17.8. The fourth-order valence-corrected chi connectivity index (χ4v) is 6.93. The van der Waals surface area contributed by atoms with Gasteiger partial charge >= 0.3 is 5.97 Å². The predicted octanol–water partition coefficient (Wildman–Crippen LogP) is 6.10. The Labute approximate surface area is 353 Å². The largest absolute Gasteiger partial charge is 0.496 e. The van der Waals surface area contributed by atoms with Crippen LogP contribution in [-0.2, 0) is 41.7 Å². The Morgan fingerprint density at radius 3 is 2.02 bits per heavy atom. The number of nitrogens with one attached hydrogen (secondary N) is 2. The van der Waals surface area contributed by atoms with Crippen LogP contribution >= 0.6 is 11.6 Å². The SMILES string of the molecule is COc1cc(OCc2cccc(CNC(=O)CCCCCCCCC(=O)CCCCCCC(=O)OC(C)(C)C)c2)c(Cl)cc1C(=O)N[C@H]1[C@@H](OC)O[C@H](CO)[C@@H](O)[C@@H]1O. The number of unbranched alkanes of at least 4 members (excludes halogenated alkanes) is 8. The molecule has 5 atom stereocenters. The lowest BCUT2D eigenvalue weighted by Crippen LogP contribution is -2.64. The maximum Gasteiger partial charge on any atom is 0.306 e. The van der Waals surface area contributed by atoms with Gasteiger partial charge in [0, 0.05) is 45.4 Å². The number of esters is 1. The van der Waals surface area contributed by atoms with E-state index >= 15 is 0 Å². The number of hydrogen-bond acceptors (Lipinski definition) is 12. The molecule has 0 saturated carbocycles. The molecule has 1 heterocycles. The average molecular weight is 849 g/mol. The van der Waals surface area contributed by atoms with Gasteiger partial charge in [0.1, 0.15) is 53.8 Å². The number of ketones is 1. The summed E-state index contributed by atoms with van der Waals surface area (Å²) in [4.78, 5) is 49.8. The zero-order valence-corrected chi connectivity index (χ0v) is 36.0. The van der Waals surface area contributed by atoms with Crippen LogP contribution in [0, 0.1) is 0 Å². The van der Waals surface area contributed by atoms with Gasteiger partial charge in [-0.2, -0.15) is 0 Å². The van der Waals surface area contributed by atoms with E-state index in [4.69, 9.17) is 35.3 Å². The summed E-state index contributed by atoms with van der Waals surface area (Å²) in [5.41, 5.74) is 1.33. The van der Waals surface area contributed by atoms with Crippen LogP contribution in [0.1, 0.15) is 132 Å². The number of rotatable bonds is 26. The van der Waals surface area contributed by atoms with Gasteiger partial charge in [-0.05, 0) is 63.6 Å². The van der Waals surface area contributed by atoms with Crippen molar-refractivity contribution in [3.05, 3.63) is 58.1 Å². The Morgan fingerprint density at radius 2 is 1.41 bits per heavy atom. The van der Waals surface area contributed by atoms with Crippen LogP contribution in [0.15, 0.2) is 36.4 Å². The normalized spacial score (nSPS) is 19.2. The first-order chi connectivity index (χ1) is 28.1. The van der Waals surface area contributed by atoms with Gasteiger partial charge < -0.3 is 49.6 Å². The van der Waals surface area contributed by atoms with Gasteiger partial charge in [-0.1, -0.05) is 74.4 Å². The summed E-state index contributed by atoms with van der Waals surface area (Å²) in [6.45, 7) is 5.56. The number of amides is 2. The lowest BCUT2D eigenvalue weighted by molar-refractivity contribution is -0.261. The number of methoxy groups -OCH3 is 2. The van der Waals surface area contributed by atoms with Crippen molar-refractivity contribution in [3.63, 3.8) is 0 Å². The molecule has 0 aromatic heterocycles. The summed E-state index contributed by atoms with van der Waals surface area (Å²) in [5.74, 6) is -0.136. The molecule has 1 fully saturated rings. The topological polar surface area (TPSA) is 199 Å². The van der Waals surface area contributed by atoms with Crippen LogP contribution < -0.4 is 20.1 Å². The molecular formula is C44H65ClN2O12. The predicted molar refractivity (Wildman–Crippen MR) is 222 cm³/mol. The third-order valence-electron chi connectivity index (χ3n) is 9.90. The van der Waals surface area contributed by atoms with Crippen LogP contribution in [0.25, 0.3) is 0 Å². The Morgan fingerprint density at radius 1 is 0.797 bits per heavy atom. The molecule has 3 rings (SSSR count). The molecule has 0 unspecified atom stereocenters. The Kier molecular flexibility index (Phi) is 21.6. The molecule has 15 heteroatoms. The number of carbonyl (C=O) groups excluding carboxylic acids is 4. The number of Topliss-reactive ketones (excluding diaryl/α,β-unsaturated/α-hetero) is 1. The Bertz CT molecular complexity index is 1630. The van der Waals surface area contributed by atoms with Gasteiger partial charge in [-0.15, -0.1) is 0 Å². The van der Waals surface area contributed by atoms with E-state index in [0.29, 0.717) is 38.0 Å². The number of ether oxygens (including phenoxy) is 5. The molecule has 2 amide bonds. The zero-order valence-electron chi connectivity index (χ0n) is 35.3. The minimum Gasteiger partial charge on any atom is -0.496 e. The van der Waals surface area contributed by atoms with E-state index in [-0.39, 0.29) is 40.6 Å². The lowest BCUT2D eigenvalue weighted by Gasteiger charge is -2.41. The van der Waals surface area contributed by atoms with Crippen LogP contribution in [0.3, 0.4) is 0 Å². The van der Waals surface area contributed by atoms with Crippen LogP contribution in [0.5, 0.6) is 11.5 Å². The summed E-state index contributed by atoms with van der Waals surface area (Å²) in [6, 6.07) is 9.28. The summed E-state index contributed by atoms with van der Waals surface area (Å²) >= 11 is 6.52. The van der Waals surface area contributed by atoms with Crippen molar-refractivity contribution in [2.75, 3.05) is 20.8 Å². The molecule has 0 spiro atoms. The maximum absolute atomic E-state index is 13.3. The monoisotopic (exact) mass is 848 g/mol. The van der Waals surface area contributed by atoms with Crippen LogP contribution in [-0.4, -0.2) is 96.0 Å². The average Bonchev–Trinajstić information content (AvgIpc) is 3.20. The van der Waals surface area contributed by atoms with E-state index in [2.05, 4.69) is 10.6 Å². The molecule has 59 heavy (non-hydrogen) atoms. The summed E-state index contributed by atoms with van der Waals surface area (Å²) in [5, 5.41) is 36.1. The highest BCUT2D eigenvalue weighted by atomic mass is 35.5. The zero-order chi connectivity index (χ0) is 43.4. The molecule has 5 N–H and O–H groups in total. The summed E-state index contributed by atoms with van der Waals surface area (Å²) < 4.78 is 27.4. The Hall–Kier alpha value is -3.79. The van der Waals surface area contributed by atoms with Crippen molar-refractivity contribution in [2.45, 2.75) is 160 Å². The highest BCUT2D eigenvalue weighted by molar-refractivity contribution is 6.32. The fraction of sp³-hybridized carbons (Fsp3) is 0.636. The number of halogens is 1. The van der Waals surface area contributed by atoms with Gasteiger partial charge in [0.05, 0.1) is 24.3 Å². The Balaban J connectivity index is 1.31. The minimum atomic E-state index is -1.49. The van der Waals surface area contributed by atoms with Gasteiger partial charge in [0.15, 0.2) is 6.29 Å². The van der Waals surface area contributed by atoms with E-state index in [1.807, 2.05) is 45.0 Å². The number of hydrogen-bond donors (Lipinski definition) is 5. The molecule has 0 aliphatic carbocycles. The van der Waals surface area contributed by atoms with Crippen molar-refractivity contribution in [1.29, 1.82) is 0 Å². The highest BCUT2D eigenvalue weighted by Gasteiger charge is 2.45. The standard InChI is InChI=1S/C44H65ClN2O12/c1-44(2,3)59-38(51)22-15-11-10-13-20-31(49)19-12-8-6-7-9-14-21-37(50)46-26-29-17-16-18-30(23-29)28-57-35-25-34(55-4)32(24-33(35)45)42(54)47-39-41(53)40(52)36(27-48)58-43(39)56-5/h16-18,23-25,36,39-41,43,48,52-53H,6-15,19-22,26-28H2,1-5H3,(H,46,50)(H,47,54)/t36-,39-,40-,41-,43+/m1/s1. The summed E-state index contributed by atoms with van der Waals surface area (Å²) in [7, 11) is 2.69. The molecule has 2 aromatic rings. The first-order valence-electron chi connectivity index (χ1n) is 20.7. The van der Waals surface area contributed by atoms with E-state index < -0.39 is 48.8 Å². The van der Waals surface area contributed by atoms with Gasteiger partial charge in [0.2, 0.25) is 5.91 Å². The fourth-order valence-electron chi connectivity index (χ4n) is 6.72. The second kappa shape index (κ2) is 25.7. The first-order valence-corrected chi connectivity index (χ1v) is 21.1. The van der Waals surface area contributed by atoms with Crippen molar-refractivity contribution in [2.24, 2.45) is 0 Å². The second-order valence-electron chi connectivity index (χ2n) is 16.0. The van der Waals surface area contributed by atoms with E-state index in [0.717, 1.165) is 75.3 Å². The van der Waals surface area contributed by atoms with Crippen LogP contribution in [0.4, 0.5) is 0 Å². The van der Waals surface area contributed by atoms with Gasteiger partial charge in [0.25, 0.3) is 5.91 Å². The lowest BCUT2D eigenvalue weighted by atomic mass is 9.96. The van der Waals surface area contributed by atoms with E-state index in [1.165, 1.54) is 26.4 Å². The highest BCUT2D eigenvalue weighted by Crippen LogP contribution is 2.34. The number of aliphatic hydroxyl groups is 3. The van der Waals surface area contributed by atoms with E-state index in [1.54, 1.807) is 0 Å². The van der Waals surface area contributed by atoms with Crippen molar-refractivity contribution >= 4 is 35.2 Å². The van der Waals surface area contributed by atoms with Gasteiger partial charge in [-0.25, -0.2) is 0 Å². The number of benzene rings is 2. The molecule has 330 valence electrons. The smallest absolute Gasteiger partial charge is 0.306 e. The summed E-state index contributed by atoms with van der Waals surface area (Å²) in [6.07, 6.45) is 6.18. The minimum absolute atomic E-state index is 0.0149. The van der Waals surface area contributed by atoms with E-state index in [9.17, 15) is 34.5 Å². The number of carbonyl (C=O) groups is 4. The molecule has 14 nitrogen and oxygen atoms in total. The van der Waals surface area contributed by atoms with Crippen LogP contribution in [0.2, 0.25) is 5.02 Å². The first kappa shape index (κ1) is 49.6. The molecule has 1 aliphatic heterocycles. The molecule has 1 saturated heterocycles. The van der Waals surface area contributed by atoms with Crippen molar-refractivity contribution in [3.8, 4) is 11.5 Å². The van der Waals surface area contributed by atoms with Crippen molar-refractivity contribution < 1.29 is 58.2 Å². The maximum atomic E-state index is 13.3. The molecule has 0 radical (unpaired) electrons. The molecule has 1 aliphatic rings. The van der Waals surface area contributed by atoms with Gasteiger partial charge in [-0.3, -0.25) is 19.2 Å².